The maximum Gasteiger partial charge on any atom is 0.255 e. The molecule has 1 saturated heterocycles. The van der Waals surface area contributed by atoms with Crippen molar-refractivity contribution in [2.75, 3.05) is 18.0 Å². The van der Waals surface area contributed by atoms with Gasteiger partial charge in [-0.2, -0.15) is 0 Å². The molecule has 1 aliphatic heterocycles. The van der Waals surface area contributed by atoms with Gasteiger partial charge in [0.2, 0.25) is 5.95 Å². The number of aryl methyl sites for hydroxylation is 2. The molecule has 1 fully saturated rings. The van der Waals surface area contributed by atoms with Gasteiger partial charge >= 0.3 is 0 Å². The maximum atomic E-state index is 13.2. The highest BCUT2D eigenvalue weighted by atomic mass is 16.1. The standard InChI is InChI=1S/C24H26N4O2/c1-16-6-7-19(13-17(16)2)23(30)20-5-4-12-28(15-20)24-26-21(14-22(29)27(24)3)18-8-10-25-11-9-18/h6-11,13-14,20H,4-5,12,15H2,1-3H3. The van der Waals surface area contributed by atoms with Crippen molar-refractivity contribution in [2.24, 2.45) is 13.0 Å². The second-order valence-electron chi connectivity index (χ2n) is 8.02. The van der Waals surface area contributed by atoms with E-state index in [0.717, 1.165) is 36.1 Å². The van der Waals surface area contributed by atoms with Crippen LogP contribution in [0.5, 0.6) is 0 Å². The van der Waals surface area contributed by atoms with Crippen molar-refractivity contribution in [2.45, 2.75) is 26.7 Å². The van der Waals surface area contributed by atoms with Gasteiger partial charge in [-0.15, -0.1) is 0 Å². The third-order valence-electron chi connectivity index (χ3n) is 5.95. The Morgan fingerprint density at radius 1 is 1.07 bits per heavy atom. The molecule has 3 heterocycles. The van der Waals surface area contributed by atoms with E-state index in [0.29, 0.717) is 18.2 Å². The molecule has 2 aromatic heterocycles. The maximum absolute atomic E-state index is 13.2. The summed E-state index contributed by atoms with van der Waals surface area (Å²) in [5.41, 5.74) is 4.43. The van der Waals surface area contributed by atoms with Crippen LogP contribution in [-0.2, 0) is 7.05 Å². The van der Waals surface area contributed by atoms with Crippen molar-refractivity contribution in [3.63, 3.8) is 0 Å². The quantitative estimate of drug-likeness (QED) is 0.624. The van der Waals surface area contributed by atoms with E-state index in [1.807, 2.05) is 44.2 Å². The number of aromatic nitrogens is 3. The molecular weight excluding hydrogens is 376 g/mol. The smallest absolute Gasteiger partial charge is 0.255 e. The van der Waals surface area contributed by atoms with E-state index in [2.05, 4.69) is 9.88 Å². The van der Waals surface area contributed by atoms with Crippen LogP contribution in [0.4, 0.5) is 5.95 Å². The van der Waals surface area contributed by atoms with E-state index in [1.165, 1.54) is 5.56 Å². The number of hydrogen-bond donors (Lipinski definition) is 0. The Balaban J connectivity index is 1.63. The summed E-state index contributed by atoms with van der Waals surface area (Å²) in [4.78, 5) is 36.6. The number of rotatable bonds is 4. The average molecular weight is 402 g/mol. The zero-order valence-electron chi connectivity index (χ0n) is 17.6. The fourth-order valence-electron chi connectivity index (χ4n) is 3.98. The van der Waals surface area contributed by atoms with Crippen molar-refractivity contribution in [3.05, 3.63) is 75.8 Å². The summed E-state index contributed by atoms with van der Waals surface area (Å²) in [7, 11) is 1.73. The summed E-state index contributed by atoms with van der Waals surface area (Å²) in [6.45, 7) is 5.42. The molecule has 3 aromatic rings. The normalized spacial score (nSPS) is 16.5. The van der Waals surface area contributed by atoms with Gasteiger partial charge in [0, 0.05) is 55.6 Å². The molecule has 0 radical (unpaired) electrons. The first-order valence-electron chi connectivity index (χ1n) is 10.3. The molecule has 0 spiro atoms. The van der Waals surface area contributed by atoms with E-state index in [1.54, 1.807) is 30.1 Å². The Kier molecular flexibility index (Phi) is 5.48. The van der Waals surface area contributed by atoms with Gasteiger partial charge < -0.3 is 4.90 Å². The SMILES string of the molecule is Cc1ccc(C(=O)C2CCCN(c3nc(-c4ccncc4)cc(=O)n3C)C2)cc1C. The molecule has 30 heavy (non-hydrogen) atoms. The molecule has 1 atom stereocenters. The summed E-state index contributed by atoms with van der Waals surface area (Å²) in [5, 5.41) is 0. The predicted octanol–water partition coefficient (Wildman–Crippen LogP) is 3.56. The first-order valence-corrected chi connectivity index (χ1v) is 10.3. The molecule has 6 heteroatoms. The molecular formula is C24H26N4O2. The van der Waals surface area contributed by atoms with Crippen molar-refractivity contribution >= 4 is 11.7 Å². The van der Waals surface area contributed by atoms with Gasteiger partial charge in [-0.25, -0.2) is 4.98 Å². The van der Waals surface area contributed by atoms with E-state index in [4.69, 9.17) is 4.98 Å². The highest BCUT2D eigenvalue weighted by molar-refractivity contribution is 5.98. The third-order valence-corrected chi connectivity index (χ3v) is 5.95. The van der Waals surface area contributed by atoms with Crippen LogP contribution in [0.25, 0.3) is 11.3 Å². The van der Waals surface area contributed by atoms with Crippen LogP contribution < -0.4 is 10.5 Å². The lowest BCUT2D eigenvalue weighted by Gasteiger charge is -2.33. The van der Waals surface area contributed by atoms with Crippen LogP contribution in [0.15, 0.2) is 53.6 Å². The zero-order chi connectivity index (χ0) is 21.3. The Hall–Kier alpha value is -3.28. The van der Waals surface area contributed by atoms with Gasteiger partial charge in [0.15, 0.2) is 5.78 Å². The Morgan fingerprint density at radius 3 is 2.57 bits per heavy atom. The molecule has 0 amide bonds. The minimum Gasteiger partial charge on any atom is -0.341 e. The fraction of sp³-hybridized carbons (Fsp3) is 0.333. The minimum absolute atomic E-state index is 0.109. The number of piperidine rings is 1. The number of carbonyl (C=O) groups excluding carboxylic acids is 1. The summed E-state index contributed by atoms with van der Waals surface area (Å²) in [6.07, 6.45) is 5.11. The number of carbonyl (C=O) groups is 1. The van der Waals surface area contributed by atoms with Crippen LogP contribution in [0.3, 0.4) is 0 Å². The van der Waals surface area contributed by atoms with Crippen molar-refractivity contribution < 1.29 is 4.79 Å². The van der Waals surface area contributed by atoms with E-state index >= 15 is 0 Å². The topological polar surface area (TPSA) is 68.1 Å². The monoisotopic (exact) mass is 402 g/mol. The van der Waals surface area contributed by atoms with Crippen LogP contribution in [-0.4, -0.2) is 33.4 Å². The molecule has 0 bridgehead atoms. The molecule has 4 rings (SSSR count). The van der Waals surface area contributed by atoms with Crippen molar-refractivity contribution in [1.82, 2.24) is 14.5 Å². The molecule has 1 aliphatic rings. The largest absolute Gasteiger partial charge is 0.341 e. The van der Waals surface area contributed by atoms with Crippen LogP contribution >= 0.6 is 0 Å². The number of ketones is 1. The zero-order valence-corrected chi connectivity index (χ0v) is 17.6. The van der Waals surface area contributed by atoms with Gasteiger partial charge in [-0.3, -0.25) is 19.1 Å². The highest BCUT2D eigenvalue weighted by Crippen LogP contribution is 2.26. The number of Topliss-reactive ketones (excluding diaryl/α,β-unsaturated/α-hetero) is 1. The predicted molar refractivity (Wildman–Crippen MR) is 118 cm³/mol. The van der Waals surface area contributed by atoms with Gasteiger partial charge in [0.1, 0.15) is 0 Å². The van der Waals surface area contributed by atoms with Gasteiger partial charge in [-0.05, 0) is 56.0 Å². The van der Waals surface area contributed by atoms with Crippen molar-refractivity contribution in [3.8, 4) is 11.3 Å². The molecule has 0 saturated carbocycles. The van der Waals surface area contributed by atoms with Gasteiger partial charge in [-0.1, -0.05) is 12.1 Å². The summed E-state index contributed by atoms with van der Waals surface area (Å²) in [6, 6.07) is 11.1. The summed E-state index contributed by atoms with van der Waals surface area (Å²) in [5.74, 6) is 0.660. The number of hydrogen-bond acceptors (Lipinski definition) is 5. The lowest BCUT2D eigenvalue weighted by atomic mass is 9.89. The molecule has 0 N–H and O–H groups in total. The van der Waals surface area contributed by atoms with Gasteiger partial charge in [0.25, 0.3) is 5.56 Å². The molecule has 1 unspecified atom stereocenters. The van der Waals surface area contributed by atoms with Crippen LogP contribution in [0.2, 0.25) is 0 Å². The molecule has 6 nitrogen and oxygen atoms in total. The van der Waals surface area contributed by atoms with E-state index in [9.17, 15) is 9.59 Å². The lowest BCUT2D eigenvalue weighted by molar-refractivity contribution is 0.0906. The Labute approximate surface area is 176 Å². The van der Waals surface area contributed by atoms with Crippen LogP contribution in [0.1, 0.15) is 34.3 Å². The molecule has 154 valence electrons. The molecule has 0 aliphatic carbocycles. The first kappa shape index (κ1) is 20.0. The molecule has 1 aromatic carbocycles. The number of nitrogens with zero attached hydrogens (tertiary/aromatic N) is 4. The second-order valence-corrected chi connectivity index (χ2v) is 8.02. The van der Waals surface area contributed by atoms with E-state index in [-0.39, 0.29) is 17.3 Å². The number of benzene rings is 1. The van der Waals surface area contributed by atoms with Crippen molar-refractivity contribution in [1.29, 1.82) is 0 Å². The summed E-state index contributed by atoms with van der Waals surface area (Å²) < 4.78 is 1.56. The van der Waals surface area contributed by atoms with Gasteiger partial charge in [0.05, 0.1) is 5.69 Å². The Morgan fingerprint density at radius 2 is 1.83 bits per heavy atom. The highest BCUT2D eigenvalue weighted by Gasteiger charge is 2.29. The van der Waals surface area contributed by atoms with Crippen LogP contribution in [0, 0.1) is 19.8 Å². The lowest BCUT2D eigenvalue weighted by Crippen LogP contribution is -2.42. The first-order chi connectivity index (χ1) is 14.4. The second kappa shape index (κ2) is 8.22. The third kappa shape index (κ3) is 3.90. The fourth-order valence-corrected chi connectivity index (χ4v) is 3.98. The number of anilines is 1. The average Bonchev–Trinajstić information content (AvgIpc) is 2.77. The number of pyridine rings is 1. The Bertz CT molecular complexity index is 1140. The summed E-state index contributed by atoms with van der Waals surface area (Å²) >= 11 is 0. The minimum atomic E-state index is -0.116. The van der Waals surface area contributed by atoms with E-state index < -0.39 is 0 Å².